The largest absolute Gasteiger partial charge is 0.461 e. The van der Waals surface area contributed by atoms with Crippen LogP contribution in [-0.4, -0.2) is 30.6 Å². The summed E-state index contributed by atoms with van der Waals surface area (Å²) in [4.78, 5) is 11.6. The van der Waals surface area contributed by atoms with Gasteiger partial charge in [-0.15, -0.1) is 0 Å². The molecule has 4 bridgehead atoms. The van der Waals surface area contributed by atoms with Crippen LogP contribution in [0, 0.1) is 34.5 Å². The number of alkyl halides is 7. The minimum absolute atomic E-state index is 0.0234. The maximum absolute atomic E-state index is 13.6. The summed E-state index contributed by atoms with van der Waals surface area (Å²) in [6.07, 6.45) is -2.02. The smallest absolute Gasteiger partial charge is 0.460 e. The van der Waals surface area contributed by atoms with E-state index in [-0.39, 0.29) is 22.7 Å². The first-order valence-corrected chi connectivity index (χ1v) is 9.57. The second kappa shape index (κ2) is 6.24. The molecule has 3 aliphatic rings. The van der Waals surface area contributed by atoms with E-state index in [1.807, 2.05) is 6.92 Å². The van der Waals surface area contributed by atoms with E-state index < -0.39 is 30.6 Å². The van der Waals surface area contributed by atoms with E-state index in [4.69, 9.17) is 0 Å². The molecule has 0 radical (unpaired) electrons. The van der Waals surface area contributed by atoms with Gasteiger partial charge in [0.25, 0.3) is 0 Å². The number of hydrogen-bond acceptors (Lipinski definition) is 2. The number of ether oxygens (including phenoxy) is 1. The fourth-order valence-electron chi connectivity index (χ4n) is 6.45. The first kappa shape index (κ1) is 21.7. The van der Waals surface area contributed by atoms with Crippen LogP contribution in [0.25, 0.3) is 0 Å². The summed E-state index contributed by atoms with van der Waals surface area (Å²) < 4.78 is 94.6. The van der Waals surface area contributed by atoms with E-state index in [1.165, 1.54) is 0 Å². The SMILES string of the molecule is CC1(C)CCCC2(C)C(COC(=O)C(F)(F)C(F)(F)C(F)(F)F)C3CCC2C31. The topological polar surface area (TPSA) is 26.3 Å². The van der Waals surface area contributed by atoms with Crippen LogP contribution < -0.4 is 0 Å². The predicted molar refractivity (Wildman–Crippen MR) is 85.8 cm³/mol. The highest BCUT2D eigenvalue weighted by Crippen LogP contribution is 2.70. The molecule has 0 aromatic carbocycles. The van der Waals surface area contributed by atoms with Crippen LogP contribution in [0.15, 0.2) is 0 Å². The molecule has 3 rings (SSSR count). The highest BCUT2D eigenvalue weighted by molar-refractivity contribution is 5.79. The van der Waals surface area contributed by atoms with Gasteiger partial charge in [0, 0.05) is 5.92 Å². The Bertz CT molecular complexity index is 643. The van der Waals surface area contributed by atoms with E-state index in [9.17, 15) is 35.5 Å². The molecule has 9 heteroatoms. The van der Waals surface area contributed by atoms with Crippen LogP contribution in [0.5, 0.6) is 0 Å². The molecule has 0 aromatic heterocycles. The number of esters is 1. The zero-order valence-electron chi connectivity index (χ0n) is 16.0. The Balaban J connectivity index is 1.77. The summed E-state index contributed by atoms with van der Waals surface area (Å²) in [5, 5.41) is 0. The third-order valence-corrected chi connectivity index (χ3v) is 7.76. The number of rotatable bonds is 4. The average molecular weight is 418 g/mol. The maximum atomic E-state index is 13.6. The molecule has 162 valence electrons. The van der Waals surface area contributed by atoms with E-state index in [2.05, 4.69) is 18.6 Å². The lowest BCUT2D eigenvalue weighted by atomic mass is 9.65. The molecule has 5 unspecified atom stereocenters. The molecule has 0 spiro atoms. The summed E-state index contributed by atoms with van der Waals surface area (Å²) in [6, 6.07) is 0. The van der Waals surface area contributed by atoms with Gasteiger partial charge in [-0.1, -0.05) is 27.2 Å². The van der Waals surface area contributed by atoms with Crippen molar-refractivity contribution in [2.24, 2.45) is 34.5 Å². The standard InChI is InChI=1S/C19H25F7O2/c1-15(2)7-4-8-16(3)11-6-5-10(13(11)15)12(16)9-28-14(27)17(20,21)18(22,23)19(24,25)26/h10-13H,4-9H2,1-3H3. The molecule has 0 aromatic rings. The predicted octanol–water partition coefficient (Wildman–Crippen LogP) is 5.85. The lowest BCUT2D eigenvalue weighted by Crippen LogP contribution is -2.57. The second-order valence-electron chi connectivity index (χ2n) is 9.57. The summed E-state index contributed by atoms with van der Waals surface area (Å²) in [5.74, 6) is -14.9. The normalized spacial score (nSPS) is 37.6. The Kier molecular flexibility index (Phi) is 4.83. The first-order chi connectivity index (χ1) is 12.6. The van der Waals surface area contributed by atoms with Crippen molar-refractivity contribution in [3.63, 3.8) is 0 Å². The molecule has 28 heavy (non-hydrogen) atoms. The minimum atomic E-state index is -6.55. The van der Waals surface area contributed by atoms with Crippen molar-refractivity contribution >= 4 is 5.97 Å². The van der Waals surface area contributed by atoms with Gasteiger partial charge in [0.2, 0.25) is 0 Å². The molecule has 0 heterocycles. The molecular formula is C19H25F7O2. The summed E-state index contributed by atoms with van der Waals surface area (Å²) in [5.41, 5.74) is -0.265. The van der Waals surface area contributed by atoms with Gasteiger partial charge >= 0.3 is 24.0 Å². The third-order valence-electron chi connectivity index (χ3n) is 7.76. The van der Waals surface area contributed by atoms with Gasteiger partial charge in [0.1, 0.15) is 0 Å². The quantitative estimate of drug-likeness (QED) is 0.423. The first-order valence-electron chi connectivity index (χ1n) is 9.57. The monoisotopic (exact) mass is 418 g/mol. The fourth-order valence-corrected chi connectivity index (χ4v) is 6.45. The van der Waals surface area contributed by atoms with Crippen LogP contribution in [-0.2, 0) is 9.53 Å². The molecule has 0 amide bonds. The minimum Gasteiger partial charge on any atom is -0.461 e. The fraction of sp³-hybridized carbons (Fsp3) is 0.947. The molecule has 3 saturated carbocycles. The highest BCUT2D eigenvalue weighted by Gasteiger charge is 2.77. The molecule has 3 aliphatic carbocycles. The van der Waals surface area contributed by atoms with E-state index >= 15 is 0 Å². The summed E-state index contributed by atoms with van der Waals surface area (Å²) in [7, 11) is 0. The van der Waals surface area contributed by atoms with Gasteiger partial charge in [-0.05, 0) is 54.3 Å². The lowest BCUT2D eigenvalue weighted by molar-refractivity contribution is -0.348. The van der Waals surface area contributed by atoms with Crippen LogP contribution in [0.4, 0.5) is 30.7 Å². The maximum Gasteiger partial charge on any atom is 0.460 e. The lowest BCUT2D eigenvalue weighted by Gasteiger charge is -2.41. The van der Waals surface area contributed by atoms with Crippen molar-refractivity contribution in [1.29, 1.82) is 0 Å². The van der Waals surface area contributed by atoms with Crippen LogP contribution in [0.3, 0.4) is 0 Å². The molecule has 0 saturated heterocycles. The van der Waals surface area contributed by atoms with Crippen molar-refractivity contribution in [1.82, 2.24) is 0 Å². The van der Waals surface area contributed by atoms with Crippen molar-refractivity contribution in [3.05, 3.63) is 0 Å². The Labute approximate surface area is 159 Å². The molecule has 0 aliphatic heterocycles. The van der Waals surface area contributed by atoms with Gasteiger partial charge in [-0.2, -0.15) is 30.7 Å². The Morgan fingerprint density at radius 2 is 1.61 bits per heavy atom. The van der Waals surface area contributed by atoms with Crippen molar-refractivity contribution in [3.8, 4) is 0 Å². The highest BCUT2D eigenvalue weighted by atomic mass is 19.4. The van der Waals surface area contributed by atoms with Gasteiger partial charge < -0.3 is 4.74 Å². The number of hydrogen-bond donors (Lipinski definition) is 0. The molecule has 5 atom stereocenters. The van der Waals surface area contributed by atoms with Crippen LogP contribution >= 0.6 is 0 Å². The van der Waals surface area contributed by atoms with Crippen molar-refractivity contribution < 1.29 is 40.3 Å². The Hall–Kier alpha value is -1.02. The molecular weight excluding hydrogens is 393 g/mol. The van der Waals surface area contributed by atoms with Crippen molar-refractivity contribution in [2.75, 3.05) is 6.61 Å². The van der Waals surface area contributed by atoms with E-state index in [1.54, 1.807) is 0 Å². The van der Waals surface area contributed by atoms with Gasteiger partial charge in [0.05, 0.1) is 6.61 Å². The van der Waals surface area contributed by atoms with Gasteiger partial charge in [-0.3, -0.25) is 0 Å². The number of carbonyl (C=O) groups is 1. The Morgan fingerprint density at radius 1 is 1.00 bits per heavy atom. The van der Waals surface area contributed by atoms with Gasteiger partial charge in [-0.25, -0.2) is 4.79 Å². The third kappa shape index (κ3) is 2.85. The number of carbonyl (C=O) groups excluding carboxylic acids is 1. The average Bonchev–Trinajstić information content (AvgIpc) is 3.04. The van der Waals surface area contributed by atoms with E-state index in [0.29, 0.717) is 11.8 Å². The summed E-state index contributed by atoms with van der Waals surface area (Å²) in [6.45, 7) is 5.76. The Morgan fingerprint density at radius 3 is 2.18 bits per heavy atom. The van der Waals surface area contributed by atoms with Gasteiger partial charge in [0.15, 0.2) is 0 Å². The second-order valence-corrected chi connectivity index (χ2v) is 9.57. The zero-order chi connectivity index (χ0) is 21.3. The molecule has 0 N–H and O–H groups in total. The zero-order valence-corrected chi connectivity index (χ0v) is 16.0. The van der Waals surface area contributed by atoms with Crippen molar-refractivity contribution in [2.45, 2.75) is 70.9 Å². The van der Waals surface area contributed by atoms with Crippen LogP contribution in [0.2, 0.25) is 0 Å². The molecule has 2 nitrogen and oxygen atoms in total. The molecule has 3 fully saturated rings. The van der Waals surface area contributed by atoms with E-state index in [0.717, 1.165) is 32.1 Å². The summed E-state index contributed by atoms with van der Waals surface area (Å²) >= 11 is 0. The van der Waals surface area contributed by atoms with Crippen LogP contribution in [0.1, 0.15) is 52.9 Å². The number of halogens is 7.